The van der Waals surface area contributed by atoms with E-state index in [1.54, 1.807) is 6.07 Å². The molecule has 23 heavy (non-hydrogen) atoms. The van der Waals surface area contributed by atoms with Crippen LogP contribution < -0.4 is 4.74 Å². The van der Waals surface area contributed by atoms with Gasteiger partial charge in [-0.1, -0.05) is 12.1 Å². The van der Waals surface area contributed by atoms with E-state index in [2.05, 4.69) is 11.0 Å². The van der Waals surface area contributed by atoms with Crippen LogP contribution in [-0.2, 0) is 4.79 Å². The van der Waals surface area contributed by atoms with Gasteiger partial charge in [0.25, 0.3) is 0 Å². The van der Waals surface area contributed by atoms with E-state index in [1.165, 1.54) is 0 Å². The summed E-state index contributed by atoms with van der Waals surface area (Å²) in [6.07, 6.45) is 0. The minimum atomic E-state index is 0.189. The van der Waals surface area contributed by atoms with E-state index in [9.17, 15) is 4.79 Å². The zero-order chi connectivity index (χ0) is 16.7. The first-order chi connectivity index (χ1) is 11.1. The van der Waals surface area contributed by atoms with Crippen LogP contribution in [-0.4, -0.2) is 80.6 Å². The molecule has 0 aliphatic carbocycles. The van der Waals surface area contributed by atoms with Crippen molar-refractivity contribution in [2.24, 2.45) is 0 Å². The molecule has 0 spiro atoms. The number of hydrogen-bond donors (Lipinski definition) is 0. The van der Waals surface area contributed by atoms with Crippen molar-refractivity contribution in [3.8, 4) is 11.8 Å². The molecule has 1 aliphatic heterocycles. The number of benzene rings is 1. The first-order valence-electron chi connectivity index (χ1n) is 7.87. The lowest BCUT2D eigenvalue weighted by Crippen LogP contribution is -2.51. The highest BCUT2D eigenvalue weighted by molar-refractivity contribution is 5.78. The van der Waals surface area contributed by atoms with Gasteiger partial charge in [0.15, 0.2) is 0 Å². The van der Waals surface area contributed by atoms with Crippen LogP contribution in [0.25, 0.3) is 0 Å². The summed E-state index contributed by atoms with van der Waals surface area (Å²) in [5.74, 6) is 0.823. The number of rotatable bonds is 6. The lowest BCUT2D eigenvalue weighted by Gasteiger charge is -2.35. The molecule has 0 bridgehead atoms. The molecule has 0 unspecified atom stereocenters. The monoisotopic (exact) mass is 316 g/mol. The van der Waals surface area contributed by atoms with Gasteiger partial charge in [-0.3, -0.25) is 9.69 Å². The Hall–Kier alpha value is -2.10. The molecule has 1 amide bonds. The van der Waals surface area contributed by atoms with Gasteiger partial charge in [-0.25, -0.2) is 0 Å². The molecule has 0 N–H and O–H groups in total. The first kappa shape index (κ1) is 17.3. The van der Waals surface area contributed by atoms with Gasteiger partial charge in [0.2, 0.25) is 5.91 Å². The van der Waals surface area contributed by atoms with Crippen molar-refractivity contribution in [2.75, 3.05) is 60.0 Å². The summed E-state index contributed by atoms with van der Waals surface area (Å²) in [5, 5.41) is 9.03. The van der Waals surface area contributed by atoms with E-state index in [0.717, 1.165) is 32.7 Å². The van der Waals surface area contributed by atoms with Gasteiger partial charge in [0.1, 0.15) is 18.4 Å². The number of ether oxygens (including phenoxy) is 1. The van der Waals surface area contributed by atoms with E-state index in [4.69, 9.17) is 10.00 Å². The SMILES string of the molecule is CN(C)CC(=O)N1CCN(CCOc2ccccc2C#N)CC1. The topological polar surface area (TPSA) is 59.8 Å². The number of para-hydroxylation sites is 1. The minimum Gasteiger partial charge on any atom is -0.491 e. The molecule has 0 aromatic heterocycles. The zero-order valence-electron chi connectivity index (χ0n) is 13.9. The summed E-state index contributed by atoms with van der Waals surface area (Å²) >= 11 is 0. The molecule has 1 aromatic rings. The predicted molar refractivity (Wildman–Crippen MR) is 88.2 cm³/mol. The molecule has 1 saturated heterocycles. The van der Waals surface area contributed by atoms with Crippen LogP contribution in [0.4, 0.5) is 0 Å². The Labute approximate surface area is 137 Å². The molecule has 0 atom stereocenters. The number of nitriles is 1. The molecule has 0 saturated carbocycles. The third-order valence-electron chi connectivity index (χ3n) is 3.85. The van der Waals surface area contributed by atoms with Crippen LogP contribution in [0.5, 0.6) is 5.75 Å². The molecular formula is C17H24N4O2. The Kier molecular flexibility index (Phi) is 6.39. The first-order valence-corrected chi connectivity index (χ1v) is 7.87. The summed E-state index contributed by atoms with van der Waals surface area (Å²) in [7, 11) is 3.81. The predicted octanol–water partition coefficient (Wildman–Crippen LogP) is 0.643. The molecule has 6 heteroatoms. The Bertz CT molecular complexity index is 560. The highest BCUT2D eigenvalue weighted by Crippen LogP contribution is 2.16. The van der Waals surface area contributed by atoms with Gasteiger partial charge >= 0.3 is 0 Å². The van der Waals surface area contributed by atoms with Crippen LogP contribution in [0.2, 0.25) is 0 Å². The average Bonchev–Trinajstić information content (AvgIpc) is 2.55. The summed E-state index contributed by atoms with van der Waals surface area (Å²) < 4.78 is 5.71. The van der Waals surface area contributed by atoms with Gasteiger partial charge in [-0.2, -0.15) is 5.26 Å². The van der Waals surface area contributed by atoms with Gasteiger partial charge in [0, 0.05) is 32.7 Å². The van der Waals surface area contributed by atoms with Crippen LogP contribution in [0, 0.1) is 11.3 Å². The molecule has 1 aromatic carbocycles. The van der Waals surface area contributed by atoms with Crippen molar-refractivity contribution in [3.05, 3.63) is 29.8 Å². The van der Waals surface area contributed by atoms with E-state index in [-0.39, 0.29) is 5.91 Å². The van der Waals surface area contributed by atoms with Gasteiger partial charge in [-0.15, -0.1) is 0 Å². The minimum absolute atomic E-state index is 0.189. The fraction of sp³-hybridized carbons (Fsp3) is 0.529. The largest absolute Gasteiger partial charge is 0.491 e. The molecule has 0 radical (unpaired) electrons. The maximum atomic E-state index is 12.0. The zero-order valence-corrected chi connectivity index (χ0v) is 13.9. The number of piperazine rings is 1. The maximum Gasteiger partial charge on any atom is 0.236 e. The Morgan fingerprint density at radius 2 is 1.96 bits per heavy atom. The van der Waals surface area contributed by atoms with Crippen molar-refractivity contribution >= 4 is 5.91 Å². The second-order valence-corrected chi connectivity index (χ2v) is 5.92. The van der Waals surface area contributed by atoms with Gasteiger partial charge in [-0.05, 0) is 26.2 Å². The second-order valence-electron chi connectivity index (χ2n) is 5.92. The summed E-state index contributed by atoms with van der Waals surface area (Å²) in [5.41, 5.74) is 0.562. The summed E-state index contributed by atoms with van der Waals surface area (Å²) in [6, 6.07) is 9.40. The van der Waals surface area contributed by atoms with Crippen LogP contribution >= 0.6 is 0 Å². The van der Waals surface area contributed by atoms with Crippen LogP contribution in [0.15, 0.2) is 24.3 Å². The van der Waals surface area contributed by atoms with Crippen LogP contribution in [0.1, 0.15) is 5.56 Å². The Morgan fingerprint density at radius 3 is 2.61 bits per heavy atom. The van der Waals surface area contributed by atoms with Gasteiger partial charge < -0.3 is 14.5 Å². The quantitative estimate of drug-likeness (QED) is 0.771. The van der Waals surface area contributed by atoms with Crippen molar-refractivity contribution in [3.63, 3.8) is 0 Å². The average molecular weight is 316 g/mol. The maximum absolute atomic E-state index is 12.0. The standard InChI is InChI=1S/C17H24N4O2/c1-19(2)14-17(22)21-9-7-20(8-10-21)11-12-23-16-6-4-3-5-15(16)13-18/h3-6H,7-12,14H2,1-2H3. The normalized spacial score (nSPS) is 15.5. The molecule has 124 valence electrons. The third-order valence-corrected chi connectivity index (χ3v) is 3.85. The van der Waals surface area contributed by atoms with Crippen molar-refractivity contribution in [1.82, 2.24) is 14.7 Å². The third kappa shape index (κ3) is 5.23. The number of nitrogens with zero attached hydrogens (tertiary/aromatic N) is 4. The number of likely N-dealkylation sites (N-methyl/N-ethyl adjacent to an activating group) is 1. The summed E-state index contributed by atoms with van der Waals surface area (Å²) in [4.78, 5) is 18.1. The number of hydrogen-bond acceptors (Lipinski definition) is 5. The fourth-order valence-electron chi connectivity index (χ4n) is 2.56. The van der Waals surface area contributed by atoms with Crippen molar-refractivity contribution in [2.45, 2.75) is 0 Å². The smallest absolute Gasteiger partial charge is 0.236 e. The summed E-state index contributed by atoms with van der Waals surface area (Å²) in [6.45, 7) is 5.07. The highest BCUT2D eigenvalue weighted by atomic mass is 16.5. The number of amides is 1. The van der Waals surface area contributed by atoms with Crippen molar-refractivity contribution < 1.29 is 9.53 Å². The van der Waals surface area contributed by atoms with E-state index >= 15 is 0 Å². The lowest BCUT2D eigenvalue weighted by atomic mass is 10.2. The molecule has 1 fully saturated rings. The van der Waals surface area contributed by atoms with Crippen LogP contribution in [0.3, 0.4) is 0 Å². The van der Waals surface area contributed by atoms with E-state index < -0.39 is 0 Å². The fourth-order valence-corrected chi connectivity index (χ4v) is 2.56. The lowest BCUT2D eigenvalue weighted by molar-refractivity contribution is -0.133. The molecule has 1 heterocycles. The molecule has 2 rings (SSSR count). The van der Waals surface area contributed by atoms with E-state index in [0.29, 0.717) is 24.5 Å². The van der Waals surface area contributed by atoms with Crippen molar-refractivity contribution in [1.29, 1.82) is 5.26 Å². The highest BCUT2D eigenvalue weighted by Gasteiger charge is 2.21. The Balaban J connectivity index is 1.71. The van der Waals surface area contributed by atoms with E-state index in [1.807, 2.05) is 42.1 Å². The Morgan fingerprint density at radius 1 is 1.26 bits per heavy atom. The number of carbonyl (C=O) groups is 1. The molecule has 6 nitrogen and oxygen atoms in total. The molecular weight excluding hydrogens is 292 g/mol. The van der Waals surface area contributed by atoms with Gasteiger partial charge in [0.05, 0.1) is 12.1 Å². The molecule has 1 aliphatic rings. The number of carbonyl (C=O) groups excluding carboxylic acids is 1. The second kappa shape index (κ2) is 8.51.